The second-order valence-corrected chi connectivity index (χ2v) is 7.59. The Hall–Kier alpha value is -2.46. The molecular formula is C24H30N2O2. The van der Waals surface area contributed by atoms with Crippen LogP contribution in [-0.2, 0) is 4.79 Å². The SMILES string of the molecule is CC(C(=O)NCCCN1CCCCC1)c1cccc(C(=O)c2ccccc2)c1. The topological polar surface area (TPSA) is 49.4 Å². The molecule has 0 aliphatic carbocycles. The molecule has 1 N–H and O–H groups in total. The van der Waals surface area contributed by atoms with E-state index < -0.39 is 0 Å². The van der Waals surface area contributed by atoms with Crippen LogP contribution < -0.4 is 5.32 Å². The largest absolute Gasteiger partial charge is 0.356 e. The smallest absolute Gasteiger partial charge is 0.227 e. The van der Waals surface area contributed by atoms with Crippen LogP contribution in [0.2, 0.25) is 0 Å². The van der Waals surface area contributed by atoms with Gasteiger partial charge in [0.1, 0.15) is 0 Å². The highest BCUT2D eigenvalue weighted by molar-refractivity contribution is 6.09. The van der Waals surface area contributed by atoms with E-state index >= 15 is 0 Å². The van der Waals surface area contributed by atoms with E-state index in [1.165, 1.54) is 32.4 Å². The summed E-state index contributed by atoms with van der Waals surface area (Å²) < 4.78 is 0. The molecule has 1 amide bonds. The first kappa shape index (κ1) is 20.3. The third kappa shape index (κ3) is 5.52. The Bertz CT molecular complexity index is 782. The van der Waals surface area contributed by atoms with E-state index in [1.807, 2.05) is 61.5 Å². The Morgan fingerprint density at radius 2 is 1.68 bits per heavy atom. The third-order valence-electron chi connectivity index (χ3n) is 5.48. The van der Waals surface area contributed by atoms with Crippen LogP contribution in [0.1, 0.15) is 60.0 Å². The summed E-state index contributed by atoms with van der Waals surface area (Å²) >= 11 is 0. The summed E-state index contributed by atoms with van der Waals surface area (Å²) in [6, 6.07) is 16.7. The number of rotatable bonds is 8. The minimum Gasteiger partial charge on any atom is -0.356 e. The van der Waals surface area contributed by atoms with Crippen molar-refractivity contribution < 1.29 is 9.59 Å². The van der Waals surface area contributed by atoms with Crippen LogP contribution in [-0.4, -0.2) is 42.8 Å². The van der Waals surface area contributed by atoms with Crippen molar-refractivity contribution in [3.05, 3.63) is 71.3 Å². The molecule has 3 rings (SSSR count). The monoisotopic (exact) mass is 378 g/mol. The molecule has 1 unspecified atom stereocenters. The Labute approximate surface area is 167 Å². The summed E-state index contributed by atoms with van der Waals surface area (Å²) in [6.45, 7) is 6.02. The first-order chi connectivity index (χ1) is 13.6. The summed E-state index contributed by atoms with van der Waals surface area (Å²) in [7, 11) is 0. The summed E-state index contributed by atoms with van der Waals surface area (Å²) in [4.78, 5) is 27.7. The van der Waals surface area contributed by atoms with E-state index in [-0.39, 0.29) is 17.6 Å². The van der Waals surface area contributed by atoms with E-state index in [0.29, 0.717) is 17.7 Å². The predicted octanol–water partition coefficient (Wildman–Crippen LogP) is 4.01. The Morgan fingerprint density at radius 1 is 0.964 bits per heavy atom. The molecule has 148 valence electrons. The molecule has 1 saturated heterocycles. The zero-order valence-electron chi connectivity index (χ0n) is 16.7. The van der Waals surface area contributed by atoms with E-state index in [2.05, 4.69) is 10.2 Å². The number of nitrogens with one attached hydrogen (secondary N) is 1. The average molecular weight is 379 g/mol. The molecule has 4 heteroatoms. The fraction of sp³-hybridized carbons (Fsp3) is 0.417. The van der Waals surface area contributed by atoms with E-state index in [4.69, 9.17) is 0 Å². The molecule has 4 nitrogen and oxygen atoms in total. The molecule has 0 spiro atoms. The highest BCUT2D eigenvalue weighted by Gasteiger charge is 2.17. The second-order valence-electron chi connectivity index (χ2n) is 7.59. The summed E-state index contributed by atoms with van der Waals surface area (Å²) in [5, 5.41) is 3.05. The number of carbonyl (C=O) groups is 2. The lowest BCUT2D eigenvalue weighted by Crippen LogP contribution is -2.34. The van der Waals surface area contributed by atoms with Gasteiger partial charge in [-0.15, -0.1) is 0 Å². The molecule has 1 aliphatic heterocycles. The minimum absolute atomic E-state index is 0.0166. The number of hydrogen-bond donors (Lipinski definition) is 1. The summed E-state index contributed by atoms with van der Waals surface area (Å²) in [5.74, 6) is -0.280. The number of carbonyl (C=O) groups excluding carboxylic acids is 2. The van der Waals surface area contributed by atoms with Gasteiger partial charge in [0.15, 0.2) is 5.78 Å². The van der Waals surface area contributed by atoms with Gasteiger partial charge in [0.2, 0.25) is 5.91 Å². The van der Waals surface area contributed by atoms with Crippen molar-refractivity contribution in [2.45, 2.75) is 38.5 Å². The molecular weight excluding hydrogens is 348 g/mol. The van der Waals surface area contributed by atoms with Gasteiger partial charge in [-0.2, -0.15) is 0 Å². The van der Waals surface area contributed by atoms with Crippen LogP contribution in [0, 0.1) is 0 Å². The van der Waals surface area contributed by atoms with Crippen LogP contribution in [0.5, 0.6) is 0 Å². The highest BCUT2D eigenvalue weighted by atomic mass is 16.1. The maximum absolute atomic E-state index is 12.6. The quantitative estimate of drug-likeness (QED) is 0.558. The van der Waals surface area contributed by atoms with Crippen molar-refractivity contribution in [2.75, 3.05) is 26.2 Å². The van der Waals surface area contributed by atoms with Gasteiger partial charge in [-0.1, -0.05) is 55.0 Å². The number of nitrogens with zero attached hydrogens (tertiary/aromatic N) is 1. The number of hydrogen-bond acceptors (Lipinski definition) is 3. The fourth-order valence-corrected chi connectivity index (χ4v) is 3.71. The van der Waals surface area contributed by atoms with Gasteiger partial charge in [-0.05, 0) is 57.5 Å². The number of likely N-dealkylation sites (tertiary alicyclic amines) is 1. The maximum atomic E-state index is 12.6. The van der Waals surface area contributed by atoms with Crippen molar-refractivity contribution in [1.82, 2.24) is 10.2 Å². The standard InChI is InChI=1S/C24H30N2O2/c1-19(24(28)25-14-9-17-26-15-6-3-7-16-26)21-12-8-13-22(18-21)23(27)20-10-4-2-5-11-20/h2,4-5,8,10-13,18-19H,3,6-7,9,14-17H2,1H3,(H,25,28). The van der Waals surface area contributed by atoms with Crippen LogP contribution >= 0.6 is 0 Å². The first-order valence-corrected chi connectivity index (χ1v) is 10.3. The lowest BCUT2D eigenvalue weighted by molar-refractivity contribution is -0.122. The molecule has 0 saturated carbocycles. The van der Waals surface area contributed by atoms with Crippen LogP contribution in [0.3, 0.4) is 0 Å². The molecule has 1 heterocycles. The Balaban J connectivity index is 1.52. The van der Waals surface area contributed by atoms with Gasteiger partial charge >= 0.3 is 0 Å². The van der Waals surface area contributed by atoms with Crippen LogP contribution in [0.15, 0.2) is 54.6 Å². The zero-order chi connectivity index (χ0) is 19.8. The maximum Gasteiger partial charge on any atom is 0.227 e. The molecule has 2 aromatic carbocycles. The van der Waals surface area contributed by atoms with Crippen molar-refractivity contribution in [3.8, 4) is 0 Å². The Kier molecular flexibility index (Phi) is 7.38. The number of benzene rings is 2. The van der Waals surface area contributed by atoms with Gasteiger partial charge in [0.05, 0.1) is 5.92 Å². The zero-order valence-corrected chi connectivity index (χ0v) is 16.7. The van der Waals surface area contributed by atoms with Crippen LogP contribution in [0.25, 0.3) is 0 Å². The van der Waals surface area contributed by atoms with Crippen molar-refractivity contribution in [1.29, 1.82) is 0 Å². The molecule has 1 fully saturated rings. The number of ketones is 1. The minimum atomic E-state index is -0.279. The summed E-state index contributed by atoms with van der Waals surface area (Å²) in [6.07, 6.45) is 4.91. The fourth-order valence-electron chi connectivity index (χ4n) is 3.71. The molecule has 1 aliphatic rings. The third-order valence-corrected chi connectivity index (χ3v) is 5.48. The molecule has 1 atom stereocenters. The Morgan fingerprint density at radius 3 is 2.43 bits per heavy atom. The van der Waals surface area contributed by atoms with E-state index in [1.54, 1.807) is 0 Å². The number of piperidine rings is 1. The summed E-state index contributed by atoms with van der Waals surface area (Å²) in [5.41, 5.74) is 2.15. The lowest BCUT2D eigenvalue weighted by Gasteiger charge is -2.26. The average Bonchev–Trinajstić information content (AvgIpc) is 2.77. The van der Waals surface area contributed by atoms with Crippen molar-refractivity contribution in [3.63, 3.8) is 0 Å². The van der Waals surface area contributed by atoms with Crippen molar-refractivity contribution in [2.24, 2.45) is 0 Å². The normalized spacial score (nSPS) is 15.8. The number of amides is 1. The predicted molar refractivity (Wildman–Crippen MR) is 113 cm³/mol. The van der Waals surface area contributed by atoms with E-state index in [0.717, 1.165) is 18.5 Å². The van der Waals surface area contributed by atoms with E-state index in [9.17, 15) is 9.59 Å². The van der Waals surface area contributed by atoms with Gasteiger partial charge in [0, 0.05) is 17.7 Å². The second kappa shape index (κ2) is 10.2. The van der Waals surface area contributed by atoms with Gasteiger partial charge in [-0.3, -0.25) is 9.59 Å². The molecule has 28 heavy (non-hydrogen) atoms. The van der Waals surface area contributed by atoms with Gasteiger partial charge in [0.25, 0.3) is 0 Å². The lowest BCUT2D eigenvalue weighted by atomic mass is 9.95. The molecule has 2 aromatic rings. The first-order valence-electron chi connectivity index (χ1n) is 10.3. The molecule has 0 aromatic heterocycles. The molecule has 0 bridgehead atoms. The highest BCUT2D eigenvalue weighted by Crippen LogP contribution is 2.19. The van der Waals surface area contributed by atoms with Crippen molar-refractivity contribution >= 4 is 11.7 Å². The van der Waals surface area contributed by atoms with Crippen LogP contribution in [0.4, 0.5) is 0 Å². The molecule has 0 radical (unpaired) electrons. The van der Waals surface area contributed by atoms with Gasteiger partial charge < -0.3 is 10.2 Å². The van der Waals surface area contributed by atoms with Gasteiger partial charge in [-0.25, -0.2) is 0 Å².